The molecule has 0 atom stereocenters. The van der Waals surface area contributed by atoms with Gasteiger partial charge in [-0.25, -0.2) is 0 Å². The molecule has 2 amide bonds. The molecule has 1 aromatic carbocycles. The predicted octanol–water partition coefficient (Wildman–Crippen LogP) is 2.09. The first kappa shape index (κ1) is 19.9. The van der Waals surface area contributed by atoms with Gasteiger partial charge in [0, 0.05) is 26.2 Å². The average Bonchev–Trinajstić information content (AvgIpc) is 2.86. The molecular weight excluding hydrogens is 353 g/mol. The molecule has 9 heteroatoms. The van der Waals surface area contributed by atoms with Gasteiger partial charge < -0.3 is 19.3 Å². The van der Waals surface area contributed by atoms with Gasteiger partial charge in [0.05, 0.1) is 6.61 Å². The summed E-state index contributed by atoms with van der Waals surface area (Å²) in [6.07, 6.45) is -4.60. The van der Waals surface area contributed by atoms with Gasteiger partial charge in [0.1, 0.15) is 11.5 Å². The molecule has 0 N–H and O–H groups in total. The van der Waals surface area contributed by atoms with Crippen molar-refractivity contribution in [1.29, 1.82) is 0 Å². The van der Waals surface area contributed by atoms with Crippen LogP contribution in [0.1, 0.15) is 13.3 Å². The number of hydrogen-bond acceptors (Lipinski definition) is 4. The van der Waals surface area contributed by atoms with Crippen LogP contribution in [0.4, 0.5) is 13.2 Å². The van der Waals surface area contributed by atoms with Gasteiger partial charge in [-0.15, -0.1) is 0 Å². The second kappa shape index (κ2) is 8.77. The van der Waals surface area contributed by atoms with Gasteiger partial charge in [-0.1, -0.05) is 0 Å². The maximum Gasteiger partial charge on any atom is 0.471 e. The third kappa shape index (κ3) is 5.53. The molecule has 2 rings (SSSR count). The van der Waals surface area contributed by atoms with Crippen LogP contribution >= 0.6 is 0 Å². The minimum Gasteiger partial charge on any atom is -0.494 e. The Labute approximate surface area is 149 Å². The fourth-order valence-electron chi connectivity index (χ4n) is 2.58. The van der Waals surface area contributed by atoms with E-state index in [-0.39, 0.29) is 45.1 Å². The van der Waals surface area contributed by atoms with E-state index in [9.17, 15) is 22.8 Å². The Bertz CT molecular complexity index is 619. The van der Waals surface area contributed by atoms with Gasteiger partial charge in [0.2, 0.25) is 0 Å². The van der Waals surface area contributed by atoms with Crippen molar-refractivity contribution in [3.63, 3.8) is 0 Å². The molecule has 0 saturated carbocycles. The Kier molecular flexibility index (Phi) is 6.70. The van der Waals surface area contributed by atoms with Crippen LogP contribution in [-0.4, -0.2) is 67.2 Å². The highest BCUT2D eigenvalue weighted by molar-refractivity contribution is 5.82. The van der Waals surface area contributed by atoms with Crippen molar-refractivity contribution >= 4 is 11.8 Å². The zero-order valence-corrected chi connectivity index (χ0v) is 14.4. The first-order chi connectivity index (χ1) is 12.3. The van der Waals surface area contributed by atoms with Crippen LogP contribution in [-0.2, 0) is 9.59 Å². The Hall–Kier alpha value is -2.45. The van der Waals surface area contributed by atoms with Crippen LogP contribution < -0.4 is 9.47 Å². The molecule has 1 aliphatic heterocycles. The van der Waals surface area contributed by atoms with Crippen LogP contribution in [0.25, 0.3) is 0 Å². The third-order valence-electron chi connectivity index (χ3n) is 3.88. The van der Waals surface area contributed by atoms with E-state index in [1.807, 2.05) is 6.92 Å². The largest absolute Gasteiger partial charge is 0.494 e. The molecular formula is C17H21F3N2O4. The molecule has 1 saturated heterocycles. The fraction of sp³-hybridized carbons (Fsp3) is 0.529. The molecule has 1 aliphatic rings. The summed E-state index contributed by atoms with van der Waals surface area (Å²) in [5.74, 6) is -1.02. The minimum absolute atomic E-state index is 0.0259. The lowest BCUT2D eigenvalue weighted by Crippen LogP contribution is -2.44. The van der Waals surface area contributed by atoms with Crippen molar-refractivity contribution < 1.29 is 32.2 Å². The molecule has 0 spiro atoms. The molecule has 0 radical (unpaired) electrons. The first-order valence-electron chi connectivity index (χ1n) is 8.30. The van der Waals surface area contributed by atoms with Crippen molar-refractivity contribution in [2.45, 2.75) is 19.5 Å². The second-order valence-electron chi connectivity index (χ2n) is 5.72. The van der Waals surface area contributed by atoms with E-state index in [2.05, 4.69) is 0 Å². The van der Waals surface area contributed by atoms with Gasteiger partial charge in [-0.05, 0) is 37.6 Å². The number of nitrogens with zero attached hydrogens (tertiary/aromatic N) is 2. The Balaban J connectivity index is 1.83. The second-order valence-corrected chi connectivity index (χ2v) is 5.72. The van der Waals surface area contributed by atoms with Crippen molar-refractivity contribution in [1.82, 2.24) is 9.80 Å². The number of amides is 2. The Morgan fingerprint density at radius 3 is 2.08 bits per heavy atom. The molecule has 0 unspecified atom stereocenters. The lowest BCUT2D eigenvalue weighted by molar-refractivity contribution is -0.185. The van der Waals surface area contributed by atoms with Crippen molar-refractivity contribution in [2.24, 2.45) is 0 Å². The van der Waals surface area contributed by atoms with E-state index in [1.54, 1.807) is 24.3 Å². The molecule has 144 valence electrons. The van der Waals surface area contributed by atoms with E-state index in [1.165, 1.54) is 4.90 Å². The molecule has 1 heterocycles. The highest BCUT2D eigenvalue weighted by Crippen LogP contribution is 2.20. The normalized spacial score (nSPS) is 15.4. The number of benzene rings is 1. The number of halogens is 3. The molecule has 0 aliphatic carbocycles. The highest BCUT2D eigenvalue weighted by Gasteiger charge is 2.42. The quantitative estimate of drug-likeness (QED) is 0.792. The minimum atomic E-state index is -4.89. The molecule has 0 bridgehead atoms. The van der Waals surface area contributed by atoms with Crippen molar-refractivity contribution in [2.75, 3.05) is 39.4 Å². The topological polar surface area (TPSA) is 59.1 Å². The third-order valence-corrected chi connectivity index (χ3v) is 3.88. The summed E-state index contributed by atoms with van der Waals surface area (Å²) in [7, 11) is 0. The maximum atomic E-state index is 12.5. The van der Waals surface area contributed by atoms with Crippen molar-refractivity contribution in [3.05, 3.63) is 24.3 Å². The lowest BCUT2D eigenvalue weighted by atomic mass is 10.3. The number of carbonyl (C=O) groups excluding carboxylic acids is 2. The summed E-state index contributed by atoms with van der Waals surface area (Å²) in [5.41, 5.74) is 0. The number of rotatable bonds is 5. The van der Waals surface area contributed by atoms with E-state index in [0.29, 0.717) is 18.1 Å². The zero-order valence-electron chi connectivity index (χ0n) is 14.4. The van der Waals surface area contributed by atoms with E-state index in [0.717, 1.165) is 4.90 Å². The smallest absolute Gasteiger partial charge is 0.471 e. The van der Waals surface area contributed by atoms with Crippen LogP contribution in [0.15, 0.2) is 24.3 Å². The van der Waals surface area contributed by atoms with Crippen LogP contribution in [0.3, 0.4) is 0 Å². The maximum absolute atomic E-state index is 12.5. The summed E-state index contributed by atoms with van der Waals surface area (Å²) in [6, 6.07) is 6.78. The summed E-state index contributed by atoms with van der Waals surface area (Å²) >= 11 is 0. The standard InChI is InChI=1S/C17H21F3N2O4/c1-2-25-13-4-6-14(7-5-13)26-12-15(23)21-8-3-9-22(11-10-21)16(24)17(18,19)20/h4-7H,2-3,8-12H2,1H3. The van der Waals surface area contributed by atoms with E-state index in [4.69, 9.17) is 9.47 Å². The highest BCUT2D eigenvalue weighted by atomic mass is 19.4. The van der Waals surface area contributed by atoms with E-state index < -0.39 is 12.1 Å². The first-order valence-corrected chi connectivity index (χ1v) is 8.30. The van der Waals surface area contributed by atoms with Crippen molar-refractivity contribution in [3.8, 4) is 11.5 Å². The molecule has 26 heavy (non-hydrogen) atoms. The lowest BCUT2D eigenvalue weighted by Gasteiger charge is -2.23. The SMILES string of the molecule is CCOc1ccc(OCC(=O)N2CCCN(C(=O)C(F)(F)F)CC2)cc1. The monoisotopic (exact) mass is 374 g/mol. The van der Waals surface area contributed by atoms with E-state index >= 15 is 0 Å². The molecule has 6 nitrogen and oxygen atoms in total. The molecule has 1 aromatic rings. The molecule has 1 fully saturated rings. The predicted molar refractivity (Wildman–Crippen MR) is 86.9 cm³/mol. The van der Waals surface area contributed by atoms with Crippen LogP contribution in [0, 0.1) is 0 Å². The summed E-state index contributed by atoms with van der Waals surface area (Å²) in [6.45, 7) is 2.35. The van der Waals surface area contributed by atoms with Gasteiger partial charge in [0.25, 0.3) is 5.91 Å². The number of ether oxygens (including phenoxy) is 2. The van der Waals surface area contributed by atoms with Gasteiger partial charge in [-0.2, -0.15) is 13.2 Å². The zero-order chi connectivity index (χ0) is 19.2. The van der Waals surface area contributed by atoms with Crippen LogP contribution in [0.2, 0.25) is 0 Å². The van der Waals surface area contributed by atoms with Gasteiger partial charge in [-0.3, -0.25) is 9.59 Å². The van der Waals surface area contributed by atoms with Crippen LogP contribution in [0.5, 0.6) is 11.5 Å². The summed E-state index contributed by atoms with van der Waals surface area (Å²) < 4.78 is 48.2. The number of alkyl halides is 3. The van der Waals surface area contributed by atoms with Gasteiger partial charge >= 0.3 is 12.1 Å². The Morgan fingerprint density at radius 2 is 1.50 bits per heavy atom. The summed E-state index contributed by atoms with van der Waals surface area (Å²) in [4.78, 5) is 25.7. The average molecular weight is 374 g/mol. The molecule has 0 aromatic heterocycles. The summed E-state index contributed by atoms with van der Waals surface area (Å²) in [5, 5.41) is 0. The number of carbonyl (C=O) groups is 2. The fourth-order valence-corrected chi connectivity index (χ4v) is 2.58. The van der Waals surface area contributed by atoms with Gasteiger partial charge in [0.15, 0.2) is 6.61 Å². The Morgan fingerprint density at radius 1 is 0.962 bits per heavy atom. The number of hydrogen-bond donors (Lipinski definition) is 0.